The molecule has 4 rings (SSSR count). The van der Waals surface area contributed by atoms with Crippen molar-refractivity contribution < 1.29 is 45.6 Å². The Morgan fingerprint density at radius 1 is 0.533 bits per heavy atom. The minimum atomic E-state index is -3.08. The number of hydrogen-bond acceptors (Lipinski definition) is 12. The van der Waals surface area contributed by atoms with Crippen LogP contribution in [0.15, 0.2) is 72.3 Å². The lowest BCUT2D eigenvalue weighted by Crippen LogP contribution is -2.55. The lowest BCUT2D eigenvalue weighted by Gasteiger charge is -2.47. The van der Waals surface area contributed by atoms with Gasteiger partial charge in [0.1, 0.15) is 18.4 Å². The molecule has 0 unspecified atom stereocenters. The molecule has 0 aliphatic heterocycles. The first-order chi connectivity index (χ1) is 34.3. The molecule has 4 atom stereocenters. The molecule has 75 heavy (non-hydrogen) atoms. The van der Waals surface area contributed by atoms with E-state index < -0.39 is 53.1 Å². The van der Waals surface area contributed by atoms with Gasteiger partial charge >= 0.3 is 7.60 Å². The Morgan fingerprint density at radius 3 is 1.09 bits per heavy atom. The lowest BCUT2D eigenvalue weighted by atomic mass is 9.87. The first kappa shape index (κ1) is 68.7. The van der Waals surface area contributed by atoms with Gasteiger partial charge in [0.15, 0.2) is 39.1 Å². The molecule has 12 nitrogen and oxygen atoms in total. The molecule has 2 saturated carbocycles. The molecule has 2 fully saturated rings. The van der Waals surface area contributed by atoms with Crippen LogP contribution in [-0.2, 0) is 58.8 Å². The van der Waals surface area contributed by atoms with E-state index >= 15 is 0 Å². The van der Waals surface area contributed by atoms with Crippen LogP contribution in [0.1, 0.15) is 134 Å². The van der Waals surface area contributed by atoms with Crippen LogP contribution in [0.2, 0.25) is 72.5 Å². The summed E-state index contributed by atoms with van der Waals surface area (Å²) < 4.78 is 60.7. The van der Waals surface area contributed by atoms with Crippen molar-refractivity contribution >= 4 is 46.6 Å². The van der Waals surface area contributed by atoms with Crippen LogP contribution in [0.4, 0.5) is 0 Å². The summed E-state index contributed by atoms with van der Waals surface area (Å²) in [4.78, 5) is 13.5. The standard InChI is InChI=1S/C27H45NO3Si2.C25H44O4Si2.C6H12NO3P/c1-26(2,3)32(7,8)30-24-18-22(29-20-21-14-12-11-13-15-21)19-25(23(24)16-17-28)31-33(9,10)27(4,5)6;1-24(2,3)30(7,8)28-21-16-20(27-18-19-14-12-11-13-15-19)17-22(23(21)26)29-31(9,10)25(4,5)6;1-3-9-11(8,6-5-7)10-4-2/h11-16,22,24-25H,18-20H2,1-10H3;11-15,20-22H,16-18H2,1-10H3;3-4,6H2,1-2H3/t22?,24-,25-;21-,22-;/m11./s1. The molecule has 17 heteroatoms. The molecular weight excluding hydrogens is 1030 g/mol. The number of benzene rings is 2. The van der Waals surface area contributed by atoms with Crippen LogP contribution in [0.3, 0.4) is 0 Å². The van der Waals surface area contributed by atoms with E-state index in [2.05, 4.69) is 166 Å². The van der Waals surface area contributed by atoms with Crippen molar-refractivity contribution in [2.24, 2.45) is 0 Å². The third-order valence-corrected chi connectivity index (χ3v) is 35.8. The van der Waals surface area contributed by atoms with Gasteiger partial charge in [0.05, 0.1) is 63.0 Å². The predicted octanol–water partition coefficient (Wildman–Crippen LogP) is 16.1. The molecule has 0 radical (unpaired) electrons. The van der Waals surface area contributed by atoms with E-state index in [1.165, 1.54) is 5.56 Å². The highest BCUT2D eigenvalue weighted by molar-refractivity contribution is 7.54. The highest BCUT2D eigenvalue weighted by Crippen LogP contribution is 2.48. The molecule has 0 spiro atoms. The minimum absolute atomic E-state index is 0.0191. The van der Waals surface area contributed by atoms with Gasteiger partial charge in [-0.15, -0.1) is 0 Å². The monoisotopic (exact) mass is 1130 g/mol. The number of ether oxygens (including phenoxy) is 2. The molecule has 0 heterocycles. The van der Waals surface area contributed by atoms with Crippen molar-refractivity contribution in [3.05, 3.63) is 83.4 Å². The number of nitrogens with zero attached hydrogens (tertiary/aromatic N) is 2. The molecule has 2 aliphatic carbocycles. The Labute approximate surface area is 460 Å². The van der Waals surface area contributed by atoms with Crippen LogP contribution in [0.5, 0.6) is 0 Å². The molecule has 424 valence electrons. The molecule has 2 aromatic carbocycles. The maximum absolute atomic E-state index is 13.5. The van der Waals surface area contributed by atoms with E-state index in [0.29, 0.717) is 39.3 Å². The van der Waals surface area contributed by atoms with Gasteiger partial charge in [-0.2, -0.15) is 10.5 Å². The number of hydrogen-bond donors (Lipinski definition) is 0. The zero-order valence-corrected chi connectivity index (χ0v) is 55.5. The van der Waals surface area contributed by atoms with Crippen molar-refractivity contribution in [1.29, 1.82) is 10.5 Å². The maximum Gasteiger partial charge on any atom is 0.344 e. The summed E-state index contributed by atoms with van der Waals surface area (Å²) in [5.74, 6) is 0.106. The maximum atomic E-state index is 13.5. The first-order valence-corrected chi connectivity index (χ1v) is 40.6. The highest BCUT2D eigenvalue weighted by Gasteiger charge is 2.49. The van der Waals surface area contributed by atoms with Crippen molar-refractivity contribution in [2.75, 3.05) is 19.4 Å². The Balaban J connectivity index is 0.000000429. The predicted molar refractivity (Wildman–Crippen MR) is 317 cm³/mol. The summed E-state index contributed by atoms with van der Waals surface area (Å²) in [6.45, 7) is 49.8. The van der Waals surface area contributed by atoms with Gasteiger partial charge < -0.3 is 36.2 Å². The minimum Gasteiger partial charge on any atom is -0.410 e. The number of ketones is 1. The first-order valence-electron chi connectivity index (χ1n) is 27.2. The molecule has 0 N–H and O–H groups in total. The molecular formula is C58H101N2O10PSi4. The quantitative estimate of drug-likeness (QED) is 0.0746. The van der Waals surface area contributed by atoms with Gasteiger partial charge in [0.25, 0.3) is 0 Å². The smallest absolute Gasteiger partial charge is 0.344 e. The van der Waals surface area contributed by atoms with Crippen molar-refractivity contribution in [1.82, 2.24) is 0 Å². The van der Waals surface area contributed by atoms with Crippen LogP contribution in [-0.4, -0.2) is 95.1 Å². The van der Waals surface area contributed by atoms with Gasteiger partial charge in [0.2, 0.25) is 0 Å². The number of carbonyl (C=O) groups excluding carboxylic acids is 1. The topological polar surface area (TPSA) is 156 Å². The van der Waals surface area contributed by atoms with Crippen LogP contribution >= 0.6 is 7.60 Å². The summed E-state index contributed by atoms with van der Waals surface area (Å²) >= 11 is 0. The summed E-state index contributed by atoms with van der Waals surface area (Å²) in [6, 6.07) is 24.5. The van der Waals surface area contributed by atoms with E-state index in [9.17, 15) is 14.6 Å². The average molecular weight is 1130 g/mol. The number of nitriles is 2. The van der Waals surface area contributed by atoms with Crippen molar-refractivity contribution in [3.8, 4) is 12.1 Å². The zero-order chi connectivity index (χ0) is 57.5. The summed E-state index contributed by atoms with van der Waals surface area (Å²) in [6.07, 6.45) is 2.98. The second-order valence-electron chi connectivity index (χ2n) is 26.2. The Bertz CT molecular complexity index is 2130. The normalized spacial score (nSPS) is 21.4. The molecule has 0 bridgehead atoms. The van der Waals surface area contributed by atoms with Gasteiger partial charge in [-0.3, -0.25) is 9.36 Å². The van der Waals surface area contributed by atoms with Crippen LogP contribution in [0, 0.1) is 22.7 Å². The number of rotatable bonds is 19. The number of Topliss-reactive ketones (excluding diaryl/α,β-unsaturated/α-hetero) is 1. The molecule has 0 aromatic heterocycles. The summed E-state index contributed by atoms with van der Waals surface area (Å²) in [7, 11) is -11.4. The van der Waals surface area contributed by atoms with Gasteiger partial charge in [-0.05, 0) is 103 Å². The SMILES string of the molecule is CC(C)(C)[Si](C)(C)O[C@@H]1CC(OCc2ccccc2)C[C@@H](O[Si](C)(C)C(C)(C)C)C1=CC#N.CC(C)(C)[Si](C)(C)O[C@@H]1CC(OCc2ccccc2)C[C@@H](O[Si](C)(C)C(C)(C)C)C1=O.CCOP(=O)(CC#N)OCC. The zero-order valence-electron chi connectivity index (χ0n) is 50.6. The van der Waals surface area contributed by atoms with E-state index in [4.69, 9.17) is 41.5 Å². The van der Waals surface area contributed by atoms with Crippen LogP contribution in [0.25, 0.3) is 0 Å². The number of allylic oxidation sites excluding steroid dienone is 1. The van der Waals surface area contributed by atoms with E-state index in [1.54, 1.807) is 26.0 Å². The fourth-order valence-electron chi connectivity index (χ4n) is 7.36. The lowest BCUT2D eigenvalue weighted by molar-refractivity contribution is -0.144. The molecule has 2 aliphatic rings. The van der Waals surface area contributed by atoms with E-state index in [1.807, 2.05) is 36.4 Å². The van der Waals surface area contributed by atoms with Gasteiger partial charge in [-0.1, -0.05) is 144 Å². The highest BCUT2D eigenvalue weighted by atomic mass is 31.2. The largest absolute Gasteiger partial charge is 0.410 e. The third kappa shape index (κ3) is 21.6. The van der Waals surface area contributed by atoms with E-state index in [-0.39, 0.29) is 56.5 Å². The molecule has 2 aromatic rings. The van der Waals surface area contributed by atoms with Crippen molar-refractivity contribution in [3.63, 3.8) is 0 Å². The molecule has 0 saturated heterocycles. The molecule has 0 amide bonds. The van der Waals surface area contributed by atoms with Crippen LogP contribution < -0.4 is 0 Å². The number of carbonyl (C=O) groups is 1. The third-order valence-electron chi connectivity index (χ3n) is 16.1. The fourth-order valence-corrected chi connectivity index (χ4v) is 13.7. The fraction of sp³-hybridized carbons (Fsp3) is 0.707. The van der Waals surface area contributed by atoms with Gasteiger partial charge in [-0.25, -0.2) is 0 Å². The Kier molecular flexibility index (Phi) is 26.3. The second kappa shape index (κ2) is 28.7. The summed E-state index contributed by atoms with van der Waals surface area (Å²) in [5.41, 5.74) is 3.30. The van der Waals surface area contributed by atoms with Crippen molar-refractivity contribution in [2.45, 2.75) is 245 Å². The van der Waals surface area contributed by atoms with E-state index in [0.717, 1.165) is 24.0 Å². The Morgan fingerprint density at radius 2 is 0.827 bits per heavy atom. The van der Waals surface area contributed by atoms with Gasteiger partial charge in [0, 0.05) is 31.8 Å². The summed E-state index contributed by atoms with van der Waals surface area (Å²) in [5, 5.41) is 18.2. The Hall–Kier alpha value is -2.39. The second-order valence-corrected chi connectivity index (χ2v) is 47.3. The average Bonchev–Trinajstić information content (AvgIpc) is 3.27.